The molecule has 1 aliphatic heterocycles. The molecule has 1 saturated heterocycles. The summed E-state index contributed by atoms with van der Waals surface area (Å²) in [5, 5.41) is 4.64. The molecular weight excluding hydrogens is 348 g/mol. The van der Waals surface area contributed by atoms with Crippen LogP contribution in [0.1, 0.15) is 27.3 Å². The van der Waals surface area contributed by atoms with Gasteiger partial charge in [-0.3, -0.25) is 9.48 Å². The predicted octanol–water partition coefficient (Wildman–Crippen LogP) is 3.51. The number of hydrogen-bond donors (Lipinski definition) is 0. The number of aromatic nitrogens is 2. The van der Waals surface area contributed by atoms with Crippen molar-refractivity contribution >= 4 is 11.6 Å². The molecule has 0 atom stereocenters. The van der Waals surface area contributed by atoms with Crippen molar-refractivity contribution in [2.45, 2.75) is 20.4 Å². The highest BCUT2D eigenvalue weighted by atomic mass is 16.2. The van der Waals surface area contributed by atoms with Crippen LogP contribution in [-0.2, 0) is 6.54 Å². The molecule has 0 unspecified atom stereocenters. The molecule has 0 radical (unpaired) electrons. The summed E-state index contributed by atoms with van der Waals surface area (Å²) in [5.41, 5.74) is 4.91. The summed E-state index contributed by atoms with van der Waals surface area (Å²) in [6.45, 7) is 7.78. The molecule has 2 heterocycles. The number of amides is 1. The molecule has 3 aromatic rings. The number of benzene rings is 2. The van der Waals surface area contributed by atoms with E-state index < -0.39 is 0 Å². The third-order valence-electron chi connectivity index (χ3n) is 5.46. The lowest BCUT2D eigenvalue weighted by Gasteiger charge is -2.36. The van der Waals surface area contributed by atoms with Crippen molar-refractivity contribution in [3.8, 4) is 0 Å². The Labute approximate surface area is 166 Å². The monoisotopic (exact) mass is 374 g/mol. The van der Waals surface area contributed by atoms with Crippen LogP contribution in [0.25, 0.3) is 0 Å². The molecule has 1 aromatic heterocycles. The number of anilines is 1. The molecule has 28 heavy (non-hydrogen) atoms. The number of aryl methyl sites for hydroxylation is 1. The van der Waals surface area contributed by atoms with Crippen LogP contribution < -0.4 is 4.90 Å². The summed E-state index contributed by atoms with van der Waals surface area (Å²) in [4.78, 5) is 17.5. The van der Waals surface area contributed by atoms with Gasteiger partial charge in [0, 0.05) is 37.6 Å². The van der Waals surface area contributed by atoms with Gasteiger partial charge in [-0.25, -0.2) is 0 Å². The van der Waals surface area contributed by atoms with Gasteiger partial charge in [0.2, 0.25) is 0 Å². The zero-order valence-electron chi connectivity index (χ0n) is 16.5. The van der Waals surface area contributed by atoms with Crippen molar-refractivity contribution in [3.63, 3.8) is 0 Å². The molecule has 1 fully saturated rings. The van der Waals surface area contributed by atoms with Gasteiger partial charge in [-0.05, 0) is 31.5 Å². The number of nitrogens with zero attached hydrogens (tertiary/aromatic N) is 4. The minimum Gasteiger partial charge on any atom is -0.368 e. The fourth-order valence-corrected chi connectivity index (χ4v) is 3.88. The molecular formula is C23H26N4O. The zero-order valence-corrected chi connectivity index (χ0v) is 16.5. The predicted molar refractivity (Wildman–Crippen MR) is 112 cm³/mol. The molecule has 0 saturated carbocycles. The van der Waals surface area contributed by atoms with Gasteiger partial charge in [-0.1, -0.05) is 48.5 Å². The average molecular weight is 374 g/mol. The smallest absolute Gasteiger partial charge is 0.257 e. The van der Waals surface area contributed by atoms with Crippen molar-refractivity contribution < 1.29 is 4.79 Å². The second kappa shape index (κ2) is 7.89. The lowest BCUT2D eigenvalue weighted by atomic mass is 10.1. The van der Waals surface area contributed by atoms with E-state index >= 15 is 0 Å². The first-order valence-electron chi connectivity index (χ1n) is 9.80. The van der Waals surface area contributed by atoms with Gasteiger partial charge in [0.15, 0.2) is 0 Å². The third-order valence-corrected chi connectivity index (χ3v) is 5.46. The largest absolute Gasteiger partial charge is 0.368 e. The van der Waals surface area contributed by atoms with Crippen molar-refractivity contribution in [1.29, 1.82) is 0 Å². The van der Waals surface area contributed by atoms with Crippen LogP contribution in [0.5, 0.6) is 0 Å². The molecule has 1 aliphatic rings. The van der Waals surface area contributed by atoms with Crippen molar-refractivity contribution in [2.75, 3.05) is 31.1 Å². The van der Waals surface area contributed by atoms with Crippen LogP contribution in [0.15, 0.2) is 60.7 Å². The van der Waals surface area contributed by atoms with Gasteiger partial charge >= 0.3 is 0 Å². The number of rotatable bonds is 4. The van der Waals surface area contributed by atoms with E-state index in [0.29, 0.717) is 6.54 Å². The summed E-state index contributed by atoms with van der Waals surface area (Å²) < 4.78 is 1.94. The van der Waals surface area contributed by atoms with E-state index in [1.165, 1.54) is 11.3 Å². The van der Waals surface area contributed by atoms with Gasteiger partial charge < -0.3 is 9.80 Å². The van der Waals surface area contributed by atoms with Crippen LogP contribution in [0.3, 0.4) is 0 Å². The Kier molecular flexibility index (Phi) is 5.15. The lowest BCUT2D eigenvalue weighted by molar-refractivity contribution is 0.0745. The maximum Gasteiger partial charge on any atom is 0.257 e. The molecule has 0 spiro atoms. The normalized spacial score (nSPS) is 14.4. The van der Waals surface area contributed by atoms with Crippen LogP contribution in [0, 0.1) is 13.8 Å². The SMILES string of the molecule is Cc1nn(Cc2ccccc2)c(C)c1C(=O)N1CCN(c2ccccc2)CC1. The topological polar surface area (TPSA) is 41.4 Å². The average Bonchev–Trinajstić information content (AvgIpc) is 3.02. The molecule has 144 valence electrons. The molecule has 4 rings (SSSR count). The maximum atomic E-state index is 13.2. The summed E-state index contributed by atoms with van der Waals surface area (Å²) in [5.74, 6) is 0.0991. The fourth-order valence-electron chi connectivity index (χ4n) is 3.88. The van der Waals surface area contributed by atoms with E-state index in [4.69, 9.17) is 0 Å². The van der Waals surface area contributed by atoms with Crippen molar-refractivity contribution in [1.82, 2.24) is 14.7 Å². The lowest BCUT2D eigenvalue weighted by Crippen LogP contribution is -2.49. The Morgan fingerprint density at radius 1 is 0.893 bits per heavy atom. The van der Waals surface area contributed by atoms with E-state index in [2.05, 4.69) is 46.4 Å². The summed E-state index contributed by atoms with van der Waals surface area (Å²) >= 11 is 0. The Balaban J connectivity index is 1.47. The highest BCUT2D eigenvalue weighted by Crippen LogP contribution is 2.20. The first kappa shape index (κ1) is 18.3. The number of hydrogen-bond acceptors (Lipinski definition) is 3. The highest BCUT2D eigenvalue weighted by Gasteiger charge is 2.27. The number of carbonyl (C=O) groups excluding carboxylic acids is 1. The van der Waals surface area contributed by atoms with Crippen LogP contribution in [0.4, 0.5) is 5.69 Å². The van der Waals surface area contributed by atoms with Gasteiger partial charge in [0.25, 0.3) is 5.91 Å². The molecule has 1 amide bonds. The zero-order chi connectivity index (χ0) is 19.5. The summed E-state index contributed by atoms with van der Waals surface area (Å²) in [6, 6.07) is 20.6. The minimum absolute atomic E-state index is 0.0991. The second-order valence-corrected chi connectivity index (χ2v) is 7.30. The van der Waals surface area contributed by atoms with Gasteiger partial charge in [-0.2, -0.15) is 5.10 Å². The number of carbonyl (C=O) groups is 1. The second-order valence-electron chi connectivity index (χ2n) is 7.30. The molecule has 0 N–H and O–H groups in total. The quantitative estimate of drug-likeness (QED) is 0.702. The van der Waals surface area contributed by atoms with Crippen LogP contribution in [0.2, 0.25) is 0 Å². The molecule has 0 aliphatic carbocycles. The van der Waals surface area contributed by atoms with E-state index in [9.17, 15) is 4.79 Å². The molecule has 0 bridgehead atoms. The van der Waals surface area contributed by atoms with Crippen LogP contribution in [-0.4, -0.2) is 46.8 Å². The molecule has 5 nitrogen and oxygen atoms in total. The van der Waals surface area contributed by atoms with E-state index in [-0.39, 0.29) is 5.91 Å². The summed E-state index contributed by atoms with van der Waals surface area (Å²) in [6.07, 6.45) is 0. The van der Waals surface area contributed by atoms with Gasteiger partial charge in [0.1, 0.15) is 0 Å². The van der Waals surface area contributed by atoms with Crippen LogP contribution >= 0.6 is 0 Å². The van der Waals surface area contributed by atoms with Crippen molar-refractivity contribution in [3.05, 3.63) is 83.2 Å². The Bertz CT molecular complexity index is 941. The van der Waals surface area contributed by atoms with Gasteiger partial charge in [-0.15, -0.1) is 0 Å². The van der Waals surface area contributed by atoms with E-state index in [1.807, 2.05) is 47.7 Å². The maximum absolute atomic E-state index is 13.2. The third kappa shape index (κ3) is 3.65. The Morgan fingerprint density at radius 2 is 1.50 bits per heavy atom. The fraction of sp³-hybridized carbons (Fsp3) is 0.304. The van der Waals surface area contributed by atoms with Crippen molar-refractivity contribution in [2.24, 2.45) is 0 Å². The Hall–Kier alpha value is -3.08. The number of piperazine rings is 1. The summed E-state index contributed by atoms with van der Waals surface area (Å²) in [7, 11) is 0. The number of para-hydroxylation sites is 1. The standard InChI is InChI=1S/C23H26N4O/c1-18-22(19(2)27(24-18)17-20-9-5-3-6-10-20)23(28)26-15-13-25(14-16-26)21-11-7-4-8-12-21/h3-12H,13-17H2,1-2H3. The van der Waals surface area contributed by atoms with Gasteiger partial charge in [0.05, 0.1) is 17.8 Å². The van der Waals surface area contributed by atoms with E-state index in [1.54, 1.807) is 0 Å². The first-order chi connectivity index (χ1) is 13.6. The molecule has 2 aromatic carbocycles. The first-order valence-corrected chi connectivity index (χ1v) is 9.80. The minimum atomic E-state index is 0.0991. The van der Waals surface area contributed by atoms with E-state index in [0.717, 1.165) is 43.1 Å². The Morgan fingerprint density at radius 3 is 2.14 bits per heavy atom. The molecule has 5 heteroatoms. The highest BCUT2D eigenvalue weighted by molar-refractivity contribution is 5.96.